The SMILES string of the molecule is COc1ccc2nc(C)c(Br)n2c1. The molecular weight excluding hydrogens is 232 g/mol. The maximum Gasteiger partial charge on any atom is 0.138 e. The molecule has 0 spiro atoms. The van der Waals surface area contributed by atoms with Gasteiger partial charge in [0.15, 0.2) is 0 Å². The number of fused-ring (bicyclic) bond motifs is 1. The predicted octanol–water partition coefficient (Wildman–Crippen LogP) is 2.41. The highest BCUT2D eigenvalue weighted by Gasteiger charge is 2.05. The summed E-state index contributed by atoms with van der Waals surface area (Å²) in [4.78, 5) is 4.35. The highest BCUT2D eigenvalue weighted by atomic mass is 79.9. The Balaban J connectivity index is 2.75. The lowest BCUT2D eigenvalue weighted by Gasteiger charge is -2.00. The van der Waals surface area contributed by atoms with Crippen molar-refractivity contribution in [3.05, 3.63) is 28.6 Å². The van der Waals surface area contributed by atoms with E-state index in [1.165, 1.54) is 0 Å². The molecule has 0 fully saturated rings. The summed E-state index contributed by atoms with van der Waals surface area (Å²) in [5.41, 5.74) is 1.90. The van der Waals surface area contributed by atoms with E-state index in [0.717, 1.165) is 21.7 Å². The van der Waals surface area contributed by atoms with Crippen LogP contribution in [-0.4, -0.2) is 16.5 Å². The first-order chi connectivity index (χ1) is 6.22. The molecule has 0 aliphatic heterocycles. The van der Waals surface area contributed by atoms with Crippen LogP contribution in [0.4, 0.5) is 0 Å². The second kappa shape index (κ2) is 3.03. The Kier molecular flexibility index (Phi) is 2.00. The predicted molar refractivity (Wildman–Crippen MR) is 54.2 cm³/mol. The third-order valence-electron chi connectivity index (χ3n) is 1.93. The Labute approximate surface area is 84.5 Å². The number of hydrogen-bond acceptors (Lipinski definition) is 2. The van der Waals surface area contributed by atoms with E-state index in [2.05, 4.69) is 20.9 Å². The molecule has 0 aliphatic rings. The van der Waals surface area contributed by atoms with Gasteiger partial charge in [-0.15, -0.1) is 0 Å². The van der Waals surface area contributed by atoms with Gasteiger partial charge in [0.05, 0.1) is 19.0 Å². The molecule has 13 heavy (non-hydrogen) atoms. The van der Waals surface area contributed by atoms with E-state index >= 15 is 0 Å². The Morgan fingerprint density at radius 1 is 1.46 bits per heavy atom. The van der Waals surface area contributed by atoms with Crippen molar-refractivity contribution >= 4 is 21.6 Å². The van der Waals surface area contributed by atoms with E-state index in [1.807, 2.05) is 29.7 Å². The number of pyridine rings is 1. The van der Waals surface area contributed by atoms with Crippen molar-refractivity contribution in [3.8, 4) is 5.75 Å². The van der Waals surface area contributed by atoms with Gasteiger partial charge in [-0.3, -0.25) is 4.40 Å². The van der Waals surface area contributed by atoms with Crippen molar-refractivity contribution in [3.63, 3.8) is 0 Å². The molecule has 2 rings (SSSR count). The second-order valence-electron chi connectivity index (χ2n) is 2.79. The lowest BCUT2D eigenvalue weighted by molar-refractivity contribution is 0.412. The zero-order valence-corrected chi connectivity index (χ0v) is 9.00. The number of nitrogens with zero attached hydrogens (tertiary/aromatic N) is 2. The zero-order valence-electron chi connectivity index (χ0n) is 7.41. The van der Waals surface area contributed by atoms with Gasteiger partial charge in [0.25, 0.3) is 0 Å². The minimum Gasteiger partial charge on any atom is -0.495 e. The van der Waals surface area contributed by atoms with Gasteiger partial charge in [-0.05, 0) is 35.0 Å². The van der Waals surface area contributed by atoms with E-state index in [0.29, 0.717) is 0 Å². The highest BCUT2D eigenvalue weighted by molar-refractivity contribution is 9.10. The minimum absolute atomic E-state index is 0.825. The van der Waals surface area contributed by atoms with Crippen LogP contribution in [0.15, 0.2) is 22.9 Å². The van der Waals surface area contributed by atoms with Crippen molar-refractivity contribution in [2.75, 3.05) is 7.11 Å². The van der Waals surface area contributed by atoms with Gasteiger partial charge in [-0.25, -0.2) is 4.98 Å². The van der Waals surface area contributed by atoms with Crippen molar-refractivity contribution in [2.45, 2.75) is 6.92 Å². The standard InChI is InChI=1S/C9H9BrN2O/c1-6-9(10)12-5-7(13-2)3-4-8(12)11-6/h3-5H,1-2H3. The summed E-state index contributed by atoms with van der Waals surface area (Å²) in [6.07, 6.45) is 1.90. The number of aryl methyl sites for hydroxylation is 1. The van der Waals surface area contributed by atoms with Gasteiger partial charge in [-0.1, -0.05) is 0 Å². The number of rotatable bonds is 1. The molecule has 3 nitrogen and oxygen atoms in total. The van der Waals surface area contributed by atoms with Gasteiger partial charge in [0.1, 0.15) is 16.0 Å². The number of imidazole rings is 1. The summed E-state index contributed by atoms with van der Waals surface area (Å²) in [6, 6.07) is 3.82. The van der Waals surface area contributed by atoms with Crippen LogP contribution in [0.1, 0.15) is 5.69 Å². The van der Waals surface area contributed by atoms with Gasteiger partial charge in [-0.2, -0.15) is 0 Å². The molecular formula is C9H9BrN2O. The molecule has 2 heterocycles. The molecule has 0 aliphatic carbocycles. The number of aromatic nitrogens is 2. The molecule has 0 amide bonds. The van der Waals surface area contributed by atoms with Crippen LogP contribution < -0.4 is 4.74 Å². The summed E-state index contributed by atoms with van der Waals surface area (Å²) in [5, 5.41) is 0. The Morgan fingerprint density at radius 2 is 2.23 bits per heavy atom. The van der Waals surface area contributed by atoms with Gasteiger partial charge >= 0.3 is 0 Å². The van der Waals surface area contributed by atoms with Gasteiger partial charge in [0, 0.05) is 0 Å². The summed E-state index contributed by atoms with van der Waals surface area (Å²) in [7, 11) is 1.65. The molecule has 0 saturated carbocycles. The average Bonchev–Trinajstić information content (AvgIpc) is 2.43. The molecule has 0 unspecified atom stereocenters. The third-order valence-corrected chi connectivity index (χ3v) is 2.88. The molecule has 0 saturated heterocycles. The molecule has 0 N–H and O–H groups in total. The van der Waals surface area contributed by atoms with Crippen LogP contribution in [-0.2, 0) is 0 Å². The number of hydrogen-bond donors (Lipinski definition) is 0. The fourth-order valence-corrected chi connectivity index (χ4v) is 1.61. The van der Waals surface area contributed by atoms with Crippen LogP contribution in [0.25, 0.3) is 5.65 Å². The summed E-state index contributed by atoms with van der Waals surface area (Å²) < 4.78 is 8.04. The minimum atomic E-state index is 0.825. The average molecular weight is 241 g/mol. The molecule has 0 bridgehead atoms. The van der Waals surface area contributed by atoms with Crippen LogP contribution >= 0.6 is 15.9 Å². The Bertz CT molecular complexity index is 450. The van der Waals surface area contributed by atoms with Gasteiger partial charge < -0.3 is 4.74 Å². The van der Waals surface area contributed by atoms with Crippen molar-refractivity contribution in [2.24, 2.45) is 0 Å². The first kappa shape index (κ1) is 8.56. The van der Waals surface area contributed by atoms with E-state index in [1.54, 1.807) is 7.11 Å². The Hall–Kier alpha value is -1.03. The summed E-state index contributed by atoms with van der Waals surface area (Å²) in [5.74, 6) is 0.825. The lowest BCUT2D eigenvalue weighted by atomic mass is 10.4. The molecule has 0 radical (unpaired) electrons. The first-order valence-electron chi connectivity index (χ1n) is 3.90. The van der Waals surface area contributed by atoms with Crippen molar-refractivity contribution < 1.29 is 4.74 Å². The second-order valence-corrected chi connectivity index (χ2v) is 3.54. The van der Waals surface area contributed by atoms with E-state index in [-0.39, 0.29) is 0 Å². The lowest BCUT2D eigenvalue weighted by Crippen LogP contribution is -1.88. The fourth-order valence-electron chi connectivity index (χ4n) is 1.23. The van der Waals surface area contributed by atoms with Crippen LogP contribution in [0.2, 0.25) is 0 Å². The van der Waals surface area contributed by atoms with Crippen LogP contribution in [0.5, 0.6) is 5.75 Å². The molecule has 2 aromatic rings. The van der Waals surface area contributed by atoms with E-state index in [9.17, 15) is 0 Å². The topological polar surface area (TPSA) is 26.5 Å². The maximum atomic E-state index is 5.12. The smallest absolute Gasteiger partial charge is 0.138 e. The summed E-state index contributed by atoms with van der Waals surface area (Å²) in [6.45, 7) is 1.96. The highest BCUT2D eigenvalue weighted by Crippen LogP contribution is 2.20. The molecule has 4 heteroatoms. The monoisotopic (exact) mass is 240 g/mol. The number of ether oxygens (including phenoxy) is 1. The maximum absolute atomic E-state index is 5.12. The normalized spacial score (nSPS) is 10.7. The third kappa shape index (κ3) is 1.31. The summed E-state index contributed by atoms with van der Waals surface area (Å²) >= 11 is 3.46. The molecule has 2 aromatic heterocycles. The number of methoxy groups -OCH3 is 1. The molecule has 0 atom stereocenters. The quantitative estimate of drug-likeness (QED) is 0.766. The fraction of sp³-hybridized carbons (Fsp3) is 0.222. The van der Waals surface area contributed by atoms with Crippen molar-refractivity contribution in [1.82, 2.24) is 9.38 Å². The number of halogens is 1. The largest absolute Gasteiger partial charge is 0.495 e. The van der Waals surface area contributed by atoms with Gasteiger partial charge in [0.2, 0.25) is 0 Å². The van der Waals surface area contributed by atoms with Crippen LogP contribution in [0.3, 0.4) is 0 Å². The van der Waals surface area contributed by atoms with E-state index in [4.69, 9.17) is 4.74 Å². The molecule has 68 valence electrons. The molecule has 0 aromatic carbocycles. The zero-order chi connectivity index (χ0) is 9.42. The Morgan fingerprint density at radius 3 is 2.92 bits per heavy atom. The van der Waals surface area contributed by atoms with Crippen molar-refractivity contribution in [1.29, 1.82) is 0 Å². The van der Waals surface area contributed by atoms with Crippen LogP contribution in [0, 0.1) is 6.92 Å². The van der Waals surface area contributed by atoms with E-state index < -0.39 is 0 Å². The first-order valence-corrected chi connectivity index (χ1v) is 4.70.